The van der Waals surface area contributed by atoms with Crippen molar-refractivity contribution < 1.29 is 9.47 Å². The standard InChI is InChI=1S/C16H13NO2/c1(2-6-14-7-3-4-10-17-14)5-13-8-9-15-16(11-13)19-12-18-15/h1-11H,12H2. The molecule has 1 aromatic carbocycles. The van der Waals surface area contributed by atoms with Gasteiger partial charge in [0.15, 0.2) is 11.5 Å². The Morgan fingerprint density at radius 1 is 0.947 bits per heavy atom. The molecule has 3 rings (SSSR count). The van der Waals surface area contributed by atoms with Crippen molar-refractivity contribution in [3.8, 4) is 11.5 Å². The largest absolute Gasteiger partial charge is 0.454 e. The van der Waals surface area contributed by atoms with E-state index in [1.54, 1.807) is 6.20 Å². The summed E-state index contributed by atoms with van der Waals surface area (Å²) in [5.41, 5.74) is 2.02. The molecule has 3 heteroatoms. The van der Waals surface area contributed by atoms with E-state index in [1.807, 2.05) is 60.7 Å². The molecule has 1 aliphatic heterocycles. The fraction of sp³-hybridized carbons (Fsp3) is 0.0625. The molecule has 0 amide bonds. The molecular formula is C16H13NO2. The summed E-state index contributed by atoms with van der Waals surface area (Å²) in [7, 11) is 0. The summed E-state index contributed by atoms with van der Waals surface area (Å²) in [5.74, 6) is 1.61. The van der Waals surface area contributed by atoms with Gasteiger partial charge in [0, 0.05) is 6.20 Å². The molecule has 0 bridgehead atoms. The van der Waals surface area contributed by atoms with Crippen LogP contribution in [-0.2, 0) is 0 Å². The average Bonchev–Trinajstić information content (AvgIpc) is 2.92. The van der Waals surface area contributed by atoms with Crippen LogP contribution in [0.15, 0.2) is 54.7 Å². The van der Waals surface area contributed by atoms with Crippen molar-refractivity contribution in [2.75, 3.05) is 6.79 Å². The van der Waals surface area contributed by atoms with Crippen molar-refractivity contribution in [3.05, 3.63) is 66.0 Å². The monoisotopic (exact) mass is 251 g/mol. The zero-order valence-corrected chi connectivity index (χ0v) is 10.3. The number of aromatic nitrogens is 1. The Hall–Kier alpha value is -2.55. The molecule has 0 saturated heterocycles. The Balaban J connectivity index is 1.68. The van der Waals surface area contributed by atoms with E-state index in [4.69, 9.17) is 9.47 Å². The molecule has 2 heterocycles. The van der Waals surface area contributed by atoms with Crippen LogP contribution in [0, 0.1) is 0 Å². The molecule has 0 radical (unpaired) electrons. The Kier molecular flexibility index (Phi) is 3.28. The van der Waals surface area contributed by atoms with E-state index in [-0.39, 0.29) is 0 Å². The van der Waals surface area contributed by atoms with Crippen LogP contribution in [-0.4, -0.2) is 11.8 Å². The van der Waals surface area contributed by atoms with E-state index >= 15 is 0 Å². The summed E-state index contributed by atoms with van der Waals surface area (Å²) in [6, 6.07) is 11.7. The predicted molar refractivity (Wildman–Crippen MR) is 74.9 cm³/mol. The number of hydrogen-bond donors (Lipinski definition) is 0. The van der Waals surface area contributed by atoms with Gasteiger partial charge in [0.1, 0.15) is 0 Å². The van der Waals surface area contributed by atoms with Crippen LogP contribution in [0.4, 0.5) is 0 Å². The van der Waals surface area contributed by atoms with Crippen LogP contribution in [0.5, 0.6) is 11.5 Å². The Bertz CT molecular complexity index is 618. The average molecular weight is 251 g/mol. The molecule has 19 heavy (non-hydrogen) atoms. The summed E-state index contributed by atoms with van der Waals surface area (Å²) in [4.78, 5) is 4.21. The normalized spacial score (nSPS) is 13.5. The van der Waals surface area contributed by atoms with Crippen LogP contribution in [0.1, 0.15) is 11.3 Å². The first-order valence-electron chi connectivity index (χ1n) is 6.07. The first-order chi connectivity index (χ1) is 9.42. The lowest BCUT2D eigenvalue weighted by Gasteiger charge is -1.96. The molecule has 0 atom stereocenters. The van der Waals surface area contributed by atoms with Crippen LogP contribution < -0.4 is 9.47 Å². The maximum Gasteiger partial charge on any atom is 0.231 e. The number of allylic oxidation sites excluding steroid dienone is 2. The quantitative estimate of drug-likeness (QED) is 0.782. The van der Waals surface area contributed by atoms with Crippen molar-refractivity contribution >= 4 is 12.2 Å². The zero-order valence-electron chi connectivity index (χ0n) is 10.3. The van der Waals surface area contributed by atoms with Gasteiger partial charge in [0.2, 0.25) is 6.79 Å². The van der Waals surface area contributed by atoms with E-state index in [2.05, 4.69) is 4.98 Å². The molecule has 1 aliphatic rings. The van der Waals surface area contributed by atoms with Crippen LogP contribution in [0.2, 0.25) is 0 Å². The number of pyridine rings is 1. The summed E-state index contributed by atoms with van der Waals surface area (Å²) in [5, 5.41) is 0. The third kappa shape index (κ3) is 2.83. The summed E-state index contributed by atoms with van der Waals surface area (Å²) in [6.07, 6.45) is 9.70. The minimum atomic E-state index is 0.308. The molecule has 1 aromatic heterocycles. The third-order valence-corrected chi connectivity index (χ3v) is 2.75. The SMILES string of the molecule is C(C=Cc1ccccn1)=Cc1ccc2c(c1)OCO2. The number of hydrogen-bond acceptors (Lipinski definition) is 3. The second-order valence-electron chi connectivity index (χ2n) is 4.09. The smallest absolute Gasteiger partial charge is 0.231 e. The van der Waals surface area contributed by atoms with Crippen LogP contribution in [0.25, 0.3) is 12.2 Å². The van der Waals surface area contributed by atoms with Crippen molar-refractivity contribution in [1.29, 1.82) is 0 Å². The Morgan fingerprint density at radius 2 is 1.84 bits per heavy atom. The van der Waals surface area contributed by atoms with Crippen molar-refractivity contribution in [2.45, 2.75) is 0 Å². The highest BCUT2D eigenvalue weighted by molar-refractivity contribution is 5.59. The van der Waals surface area contributed by atoms with Gasteiger partial charge in [-0.05, 0) is 35.9 Å². The van der Waals surface area contributed by atoms with Crippen molar-refractivity contribution in [3.63, 3.8) is 0 Å². The fourth-order valence-electron chi connectivity index (χ4n) is 1.81. The molecule has 0 spiro atoms. The number of nitrogens with zero attached hydrogens (tertiary/aromatic N) is 1. The third-order valence-electron chi connectivity index (χ3n) is 2.75. The van der Waals surface area contributed by atoms with Gasteiger partial charge in [0.05, 0.1) is 5.69 Å². The minimum Gasteiger partial charge on any atom is -0.454 e. The Morgan fingerprint density at radius 3 is 2.74 bits per heavy atom. The first kappa shape index (κ1) is 11.5. The van der Waals surface area contributed by atoms with Crippen LogP contribution >= 0.6 is 0 Å². The van der Waals surface area contributed by atoms with E-state index in [0.717, 1.165) is 22.8 Å². The van der Waals surface area contributed by atoms with Gasteiger partial charge in [-0.25, -0.2) is 0 Å². The molecule has 0 unspecified atom stereocenters. The maximum atomic E-state index is 5.33. The summed E-state index contributed by atoms with van der Waals surface area (Å²) >= 11 is 0. The zero-order chi connectivity index (χ0) is 12.9. The Labute approximate surface area is 111 Å². The molecule has 3 nitrogen and oxygen atoms in total. The summed E-state index contributed by atoms with van der Waals surface area (Å²) in [6.45, 7) is 0.308. The number of fused-ring (bicyclic) bond motifs is 1. The fourth-order valence-corrected chi connectivity index (χ4v) is 1.81. The van der Waals surface area contributed by atoms with Gasteiger partial charge in [-0.1, -0.05) is 30.4 Å². The second-order valence-corrected chi connectivity index (χ2v) is 4.09. The molecule has 2 aromatic rings. The van der Waals surface area contributed by atoms with Crippen LogP contribution in [0.3, 0.4) is 0 Å². The lowest BCUT2D eigenvalue weighted by atomic mass is 10.2. The minimum absolute atomic E-state index is 0.308. The second kappa shape index (κ2) is 5.40. The molecule has 0 saturated carbocycles. The van der Waals surface area contributed by atoms with E-state index in [0.29, 0.717) is 6.79 Å². The molecular weight excluding hydrogens is 238 g/mol. The van der Waals surface area contributed by atoms with Gasteiger partial charge in [-0.15, -0.1) is 0 Å². The topological polar surface area (TPSA) is 31.4 Å². The van der Waals surface area contributed by atoms with Crippen molar-refractivity contribution in [1.82, 2.24) is 4.98 Å². The molecule has 0 N–H and O–H groups in total. The molecule has 94 valence electrons. The highest BCUT2D eigenvalue weighted by Crippen LogP contribution is 2.32. The maximum absolute atomic E-state index is 5.33. The van der Waals surface area contributed by atoms with Gasteiger partial charge < -0.3 is 9.47 Å². The van der Waals surface area contributed by atoms with Crippen molar-refractivity contribution in [2.24, 2.45) is 0 Å². The lowest BCUT2D eigenvalue weighted by Crippen LogP contribution is -1.92. The number of ether oxygens (including phenoxy) is 2. The highest BCUT2D eigenvalue weighted by Gasteiger charge is 2.11. The lowest BCUT2D eigenvalue weighted by molar-refractivity contribution is 0.174. The van der Waals surface area contributed by atoms with Gasteiger partial charge in [0.25, 0.3) is 0 Å². The van der Waals surface area contributed by atoms with Gasteiger partial charge >= 0.3 is 0 Å². The molecule has 0 aliphatic carbocycles. The molecule has 0 fully saturated rings. The van der Waals surface area contributed by atoms with Gasteiger partial charge in [-0.2, -0.15) is 0 Å². The van der Waals surface area contributed by atoms with Gasteiger partial charge in [-0.3, -0.25) is 4.98 Å². The first-order valence-corrected chi connectivity index (χ1v) is 6.07. The van der Waals surface area contributed by atoms with E-state index < -0.39 is 0 Å². The van der Waals surface area contributed by atoms with E-state index in [9.17, 15) is 0 Å². The summed E-state index contributed by atoms with van der Waals surface area (Å²) < 4.78 is 10.6. The van der Waals surface area contributed by atoms with E-state index in [1.165, 1.54) is 0 Å². The number of benzene rings is 1. The highest BCUT2D eigenvalue weighted by atomic mass is 16.7. The number of rotatable bonds is 3. The predicted octanol–water partition coefficient (Wildman–Crippen LogP) is 3.54.